The molecule has 0 spiro atoms. The Morgan fingerprint density at radius 1 is 1.11 bits per heavy atom. The van der Waals surface area contributed by atoms with E-state index in [4.69, 9.17) is 5.73 Å². The molecule has 0 aromatic heterocycles. The van der Waals surface area contributed by atoms with Crippen LogP contribution in [0, 0.1) is 0 Å². The van der Waals surface area contributed by atoms with Crippen molar-refractivity contribution < 1.29 is 13.2 Å². The molecule has 0 atom stereocenters. The van der Waals surface area contributed by atoms with Crippen LogP contribution in [0.25, 0.3) is 0 Å². The summed E-state index contributed by atoms with van der Waals surface area (Å²) in [4.78, 5) is 0. The molecule has 0 radical (unpaired) electrons. The van der Waals surface area contributed by atoms with Gasteiger partial charge in [-0.25, -0.2) is 0 Å². The molecule has 19 heavy (non-hydrogen) atoms. The average Bonchev–Trinajstić information content (AvgIpc) is 2.38. The first-order chi connectivity index (χ1) is 8.87. The van der Waals surface area contributed by atoms with Gasteiger partial charge in [-0.2, -0.15) is 13.2 Å². The van der Waals surface area contributed by atoms with Crippen LogP contribution in [0.15, 0.2) is 22.7 Å². The van der Waals surface area contributed by atoms with Crippen molar-refractivity contribution in [1.82, 2.24) is 0 Å². The molecule has 1 aliphatic carbocycles. The number of alkyl halides is 3. The third-order valence-electron chi connectivity index (χ3n) is 4.04. The zero-order valence-corrected chi connectivity index (χ0v) is 12.1. The van der Waals surface area contributed by atoms with Gasteiger partial charge in [0.1, 0.15) is 0 Å². The molecule has 0 aliphatic heterocycles. The van der Waals surface area contributed by atoms with Crippen LogP contribution in [0.4, 0.5) is 13.2 Å². The fourth-order valence-corrected chi connectivity index (χ4v) is 3.39. The zero-order chi connectivity index (χ0) is 14.1. The highest BCUT2D eigenvalue weighted by atomic mass is 79.9. The van der Waals surface area contributed by atoms with E-state index in [1.807, 2.05) is 0 Å². The van der Waals surface area contributed by atoms with E-state index in [1.165, 1.54) is 6.07 Å². The topological polar surface area (TPSA) is 26.0 Å². The predicted molar refractivity (Wildman–Crippen MR) is 73.0 cm³/mol. The Hall–Kier alpha value is -0.550. The molecule has 1 saturated carbocycles. The van der Waals surface area contributed by atoms with Crippen LogP contribution in [-0.4, -0.2) is 6.54 Å². The normalized spacial score (nSPS) is 19.4. The van der Waals surface area contributed by atoms with Crippen molar-refractivity contribution in [3.05, 3.63) is 33.8 Å². The summed E-state index contributed by atoms with van der Waals surface area (Å²) in [5.41, 5.74) is 5.71. The largest absolute Gasteiger partial charge is 0.416 e. The molecule has 0 heterocycles. The Balaban J connectivity index is 2.46. The van der Waals surface area contributed by atoms with Gasteiger partial charge >= 0.3 is 6.18 Å². The summed E-state index contributed by atoms with van der Waals surface area (Å²) < 4.78 is 39.1. The maximum atomic E-state index is 12.9. The van der Waals surface area contributed by atoms with Crippen molar-refractivity contribution in [1.29, 1.82) is 0 Å². The Labute approximate surface area is 119 Å². The van der Waals surface area contributed by atoms with Crippen LogP contribution in [0.3, 0.4) is 0 Å². The minimum absolute atomic E-state index is 0.290. The molecule has 2 N–H and O–H groups in total. The van der Waals surface area contributed by atoms with Gasteiger partial charge in [0.15, 0.2) is 0 Å². The van der Waals surface area contributed by atoms with E-state index in [0.29, 0.717) is 11.0 Å². The van der Waals surface area contributed by atoms with Gasteiger partial charge in [0.2, 0.25) is 0 Å². The van der Waals surface area contributed by atoms with Gasteiger partial charge in [-0.3, -0.25) is 0 Å². The van der Waals surface area contributed by atoms with Crippen molar-refractivity contribution in [2.24, 2.45) is 5.73 Å². The van der Waals surface area contributed by atoms with Gasteiger partial charge < -0.3 is 5.73 Å². The van der Waals surface area contributed by atoms with Crippen LogP contribution in [0.1, 0.15) is 43.2 Å². The summed E-state index contributed by atoms with van der Waals surface area (Å²) in [6.45, 7) is 0.404. The second kappa shape index (κ2) is 5.44. The summed E-state index contributed by atoms with van der Waals surface area (Å²) in [6.07, 6.45) is 0.634. The fourth-order valence-electron chi connectivity index (χ4n) is 2.90. The predicted octanol–water partition coefficient (Wildman–Crippen LogP) is 4.63. The number of hydrogen-bond donors (Lipinski definition) is 1. The number of halogens is 4. The summed E-state index contributed by atoms with van der Waals surface area (Å²) >= 11 is 3.18. The number of nitrogens with two attached hydrogens (primary N) is 1. The molecule has 1 aliphatic rings. The quantitative estimate of drug-likeness (QED) is 0.837. The van der Waals surface area contributed by atoms with Crippen molar-refractivity contribution in [2.45, 2.75) is 43.7 Å². The highest BCUT2D eigenvalue weighted by molar-refractivity contribution is 9.10. The standard InChI is InChI=1S/C14H17BrF3N/c15-12-7-10(6-11(8-12)14(16,17)18)13(9-19)4-2-1-3-5-13/h6-8H,1-5,9,19H2. The number of benzene rings is 1. The van der Waals surface area contributed by atoms with E-state index in [9.17, 15) is 13.2 Å². The minimum Gasteiger partial charge on any atom is -0.330 e. The third kappa shape index (κ3) is 3.14. The molecule has 1 aromatic rings. The van der Waals surface area contributed by atoms with Crippen LogP contribution in [0.2, 0.25) is 0 Å². The van der Waals surface area contributed by atoms with E-state index in [2.05, 4.69) is 15.9 Å². The molecule has 0 bridgehead atoms. The molecule has 0 unspecified atom stereocenters. The molecule has 1 aromatic carbocycles. The van der Waals surface area contributed by atoms with Gasteiger partial charge in [0.05, 0.1) is 5.56 Å². The molecule has 5 heteroatoms. The Morgan fingerprint density at radius 3 is 2.26 bits per heavy atom. The second-order valence-electron chi connectivity index (χ2n) is 5.27. The lowest BCUT2D eigenvalue weighted by Gasteiger charge is -2.37. The summed E-state index contributed by atoms with van der Waals surface area (Å²) in [5.74, 6) is 0. The van der Waals surface area contributed by atoms with E-state index >= 15 is 0 Å². The molecule has 0 amide bonds. The van der Waals surface area contributed by atoms with Crippen molar-refractivity contribution in [3.8, 4) is 0 Å². The first kappa shape index (κ1) is 14.9. The smallest absolute Gasteiger partial charge is 0.330 e. The summed E-state index contributed by atoms with van der Waals surface area (Å²) in [6, 6.07) is 4.17. The lowest BCUT2D eigenvalue weighted by molar-refractivity contribution is -0.137. The lowest BCUT2D eigenvalue weighted by Crippen LogP contribution is -2.37. The summed E-state index contributed by atoms with van der Waals surface area (Å²) in [5, 5.41) is 0. The highest BCUT2D eigenvalue weighted by Gasteiger charge is 2.36. The van der Waals surface area contributed by atoms with E-state index in [1.54, 1.807) is 6.07 Å². The van der Waals surface area contributed by atoms with Crippen molar-refractivity contribution in [3.63, 3.8) is 0 Å². The maximum absolute atomic E-state index is 12.9. The Morgan fingerprint density at radius 2 is 1.74 bits per heavy atom. The summed E-state index contributed by atoms with van der Waals surface area (Å²) in [7, 11) is 0. The zero-order valence-electron chi connectivity index (χ0n) is 10.6. The Bertz CT molecular complexity index is 450. The number of hydrogen-bond acceptors (Lipinski definition) is 1. The van der Waals surface area contributed by atoms with Crippen molar-refractivity contribution in [2.75, 3.05) is 6.54 Å². The van der Waals surface area contributed by atoms with Crippen LogP contribution >= 0.6 is 15.9 Å². The van der Waals surface area contributed by atoms with E-state index in [-0.39, 0.29) is 5.41 Å². The second-order valence-corrected chi connectivity index (χ2v) is 6.19. The lowest BCUT2D eigenvalue weighted by atomic mass is 9.69. The first-order valence-electron chi connectivity index (χ1n) is 6.46. The van der Waals surface area contributed by atoms with Gasteiger partial charge in [-0.1, -0.05) is 35.2 Å². The molecule has 2 rings (SSSR count). The van der Waals surface area contributed by atoms with E-state index in [0.717, 1.165) is 43.7 Å². The SMILES string of the molecule is NCC1(c2cc(Br)cc(C(F)(F)F)c2)CCCCC1. The van der Waals surface area contributed by atoms with Gasteiger partial charge in [0, 0.05) is 16.4 Å². The molecular formula is C14H17BrF3N. The van der Waals surface area contributed by atoms with E-state index < -0.39 is 11.7 Å². The van der Waals surface area contributed by atoms with Crippen LogP contribution in [0.5, 0.6) is 0 Å². The number of rotatable bonds is 2. The monoisotopic (exact) mass is 335 g/mol. The molecule has 0 saturated heterocycles. The molecule has 1 fully saturated rings. The fraction of sp³-hybridized carbons (Fsp3) is 0.571. The average molecular weight is 336 g/mol. The minimum atomic E-state index is -4.32. The highest BCUT2D eigenvalue weighted by Crippen LogP contribution is 2.42. The third-order valence-corrected chi connectivity index (χ3v) is 4.50. The van der Waals surface area contributed by atoms with Gasteiger partial charge in [-0.15, -0.1) is 0 Å². The maximum Gasteiger partial charge on any atom is 0.416 e. The van der Waals surface area contributed by atoms with Crippen molar-refractivity contribution >= 4 is 15.9 Å². The molecule has 106 valence electrons. The first-order valence-corrected chi connectivity index (χ1v) is 7.25. The molecular weight excluding hydrogens is 319 g/mol. The Kier molecular flexibility index (Phi) is 4.26. The molecule has 1 nitrogen and oxygen atoms in total. The van der Waals surface area contributed by atoms with Crippen LogP contribution < -0.4 is 5.73 Å². The van der Waals surface area contributed by atoms with Crippen LogP contribution in [-0.2, 0) is 11.6 Å². The van der Waals surface area contributed by atoms with Gasteiger partial charge in [-0.05, 0) is 36.6 Å². The van der Waals surface area contributed by atoms with Gasteiger partial charge in [0.25, 0.3) is 0 Å².